The van der Waals surface area contributed by atoms with E-state index >= 15 is 0 Å². The zero-order chi connectivity index (χ0) is 14.5. The van der Waals surface area contributed by atoms with E-state index in [1.54, 1.807) is 24.3 Å². The van der Waals surface area contributed by atoms with Crippen molar-refractivity contribution in [3.05, 3.63) is 69.5 Å². The van der Waals surface area contributed by atoms with Gasteiger partial charge in [-0.2, -0.15) is 5.26 Å². The molecule has 2 aromatic carbocycles. The molecule has 2 aromatic rings. The molecule has 0 aromatic heterocycles. The summed E-state index contributed by atoms with van der Waals surface area (Å²) in [5, 5.41) is 19.5. The van der Waals surface area contributed by atoms with Gasteiger partial charge in [-0.25, -0.2) is 4.39 Å². The van der Waals surface area contributed by atoms with Crippen LogP contribution in [0.5, 0.6) is 5.75 Å². The average molecular weight is 272 g/mol. The maximum absolute atomic E-state index is 13.6. The summed E-state index contributed by atoms with van der Waals surface area (Å²) in [5.41, 5.74) is 0.755. The summed E-state index contributed by atoms with van der Waals surface area (Å²) >= 11 is 0. The van der Waals surface area contributed by atoms with E-state index in [-0.39, 0.29) is 12.4 Å². The van der Waals surface area contributed by atoms with E-state index in [1.807, 2.05) is 6.07 Å². The molecule has 2 rings (SSSR count). The number of para-hydroxylation sites is 1. The van der Waals surface area contributed by atoms with Gasteiger partial charge in [-0.15, -0.1) is 0 Å². The van der Waals surface area contributed by atoms with Gasteiger partial charge in [0, 0.05) is 6.07 Å². The van der Waals surface area contributed by atoms with Crippen molar-refractivity contribution in [2.45, 2.75) is 6.61 Å². The largest absolute Gasteiger partial charge is 0.480 e. The summed E-state index contributed by atoms with van der Waals surface area (Å²) in [6, 6.07) is 12.0. The number of benzene rings is 2. The van der Waals surface area contributed by atoms with Crippen molar-refractivity contribution >= 4 is 5.69 Å². The Labute approximate surface area is 114 Å². The van der Waals surface area contributed by atoms with Crippen LogP contribution in [0.15, 0.2) is 42.5 Å². The first-order valence-corrected chi connectivity index (χ1v) is 5.66. The molecule has 0 radical (unpaired) electrons. The van der Waals surface area contributed by atoms with Gasteiger partial charge in [-0.3, -0.25) is 10.1 Å². The van der Waals surface area contributed by atoms with Crippen LogP contribution in [0.4, 0.5) is 10.1 Å². The zero-order valence-electron chi connectivity index (χ0n) is 10.2. The van der Waals surface area contributed by atoms with E-state index < -0.39 is 16.4 Å². The highest BCUT2D eigenvalue weighted by atomic mass is 19.1. The lowest BCUT2D eigenvalue weighted by molar-refractivity contribution is -0.386. The van der Waals surface area contributed by atoms with E-state index in [1.165, 1.54) is 12.1 Å². The Bertz CT molecular complexity index is 678. The normalized spacial score (nSPS) is 9.80. The first-order chi connectivity index (χ1) is 9.61. The van der Waals surface area contributed by atoms with Gasteiger partial charge in [-0.1, -0.05) is 18.2 Å². The van der Waals surface area contributed by atoms with Gasteiger partial charge in [-0.05, 0) is 23.8 Å². The standard InChI is InChI=1S/C14H9FN2O3/c15-12-2-1-3-13(17(18)19)14(12)20-9-11-6-4-10(8-16)5-7-11/h1-7H,9H2. The fraction of sp³-hybridized carbons (Fsp3) is 0.0714. The predicted molar refractivity (Wildman–Crippen MR) is 68.5 cm³/mol. The number of halogens is 1. The summed E-state index contributed by atoms with van der Waals surface area (Å²) in [6.45, 7) is -0.0204. The Morgan fingerprint density at radius 3 is 2.55 bits per heavy atom. The number of nitrogens with zero attached hydrogens (tertiary/aromatic N) is 2. The molecule has 6 heteroatoms. The highest BCUT2D eigenvalue weighted by Crippen LogP contribution is 2.30. The first kappa shape index (κ1) is 13.5. The van der Waals surface area contributed by atoms with Crippen molar-refractivity contribution in [2.24, 2.45) is 0 Å². The number of rotatable bonds is 4. The molecule has 0 amide bonds. The fourth-order valence-corrected chi connectivity index (χ4v) is 1.62. The maximum atomic E-state index is 13.6. The molecule has 0 heterocycles. The summed E-state index contributed by atoms with van der Waals surface area (Å²) in [6.07, 6.45) is 0. The molecule has 0 aliphatic carbocycles. The van der Waals surface area contributed by atoms with Crippen LogP contribution in [-0.4, -0.2) is 4.92 Å². The van der Waals surface area contributed by atoms with Gasteiger partial charge in [0.05, 0.1) is 16.6 Å². The van der Waals surface area contributed by atoms with E-state index in [4.69, 9.17) is 10.00 Å². The van der Waals surface area contributed by atoms with Crippen LogP contribution >= 0.6 is 0 Å². The molecule has 0 saturated heterocycles. The molecule has 0 atom stereocenters. The van der Waals surface area contributed by atoms with Gasteiger partial charge in [0.2, 0.25) is 5.75 Å². The van der Waals surface area contributed by atoms with Crippen LogP contribution < -0.4 is 4.74 Å². The smallest absolute Gasteiger partial charge is 0.314 e. The lowest BCUT2D eigenvalue weighted by Crippen LogP contribution is -2.01. The molecule has 0 N–H and O–H groups in total. The van der Waals surface area contributed by atoms with Crippen molar-refractivity contribution in [3.63, 3.8) is 0 Å². The number of hydrogen-bond donors (Lipinski definition) is 0. The monoisotopic (exact) mass is 272 g/mol. The van der Waals surface area contributed by atoms with Crippen molar-refractivity contribution < 1.29 is 14.1 Å². The molecule has 0 saturated carbocycles. The van der Waals surface area contributed by atoms with Crippen LogP contribution in [0.25, 0.3) is 0 Å². The van der Waals surface area contributed by atoms with Crippen LogP contribution in [0.1, 0.15) is 11.1 Å². The summed E-state index contributed by atoms with van der Waals surface area (Å²) in [4.78, 5) is 10.1. The molecule has 20 heavy (non-hydrogen) atoms. The number of ether oxygens (including phenoxy) is 1. The lowest BCUT2D eigenvalue weighted by Gasteiger charge is -2.07. The summed E-state index contributed by atoms with van der Waals surface area (Å²) in [5.74, 6) is -1.17. The minimum absolute atomic E-state index is 0.0204. The van der Waals surface area contributed by atoms with E-state index in [9.17, 15) is 14.5 Å². The third kappa shape index (κ3) is 2.90. The van der Waals surface area contributed by atoms with Gasteiger partial charge in [0.25, 0.3) is 0 Å². The zero-order valence-corrected chi connectivity index (χ0v) is 10.2. The van der Waals surface area contributed by atoms with Crippen LogP contribution in [-0.2, 0) is 6.61 Å². The van der Waals surface area contributed by atoms with Crippen LogP contribution in [0, 0.1) is 27.3 Å². The molecule has 0 unspecified atom stereocenters. The third-order valence-electron chi connectivity index (χ3n) is 2.61. The average Bonchev–Trinajstić information content (AvgIpc) is 2.46. The lowest BCUT2D eigenvalue weighted by atomic mass is 10.1. The molecule has 0 aliphatic heterocycles. The van der Waals surface area contributed by atoms with Gasteiger partial charge >= 0.3 is 5.69 Å². The molecule has 0 spiro atoms. The van der Waals surface area contributed by atoms with Crippen molar-refractivity contribution in [1.29, 1.82) is 5.26 Å². The van der Waals surface area contributed by atoms with Crippen LogP contribution in [0.2, 0.25) is 0 Å². The number of nitro benzene ring substituents is 1. The molecular weight excluding hydrogens is 263 g/mol. The van der Waals surface area contributed by atoms with Gasteiger partial charge in [0.1, 0.15) is 6.61 Å². The molecule has 0 bridgehead atoms. The minimum Gasteiger partial charge on any atom is -0.480 e. The number of nitriles is 1. The second-order valence-electron chi connectivity index (χ2n) is 3.94. The Kier molecular flexibility index (Phi) is 3.91. The highest BCUT2D eigenvalue weighted by Gasteiger charge is 2.19. The Balaban J connectivity index is 2.18. The Morgan fingerprint density at radius 2 is 1.95 bits per heavy atom. The quantitative estimate of drug-likeness (QED) is 0.632. The maximum Gasteiger partial charge on any atom is 0.314 e. The van der Waals surface area contributed by atoms with Gasteiger partial charge < -0.3 is 4.74 Å². The summed E-state index contributed by atoms with van der Waals surface area (Å²) < 4.78 is 18.7. The highest BCUT2D eigenvalue weighted by molar-refractivity contribution is 5.47. The second kappa shape index (κ2) is 5.80. The second-order valence-corrected chi connectivity index (χ2v) is 3.94. The third-order valence-corrected chi connectivity index (χ3v) is 2.61. The van der Waals surface area contributed by atoms with E-state index in [0.29, 0.717) is 11.1 Å². The first-order valence-electron chi connectivity index (χ1n) is 5.66. The topological polar surface area (TPSA) is 76.2 Å². The number of hydrogen-bond acceptors (Lipinski definition) is 4. The van der Waals surface area contributed by atoms with E-state index in [2.05, 4.69) is 0 Å². The van der Waals surface area contributed by atoms with E-state index in [0.717, 1.165) is 6.07 Å². The van der Waals surface area contributed by atoms with Crippen molar-refractivity contribution in [3.8, 4) is 11.8 Å². The van der Waals surface area contributed by atoms with Gasteiger partial charge in [0.15, 0.2) is 5.82 Å². The Hall–Kier alpha value is -2.94. The molecule has 0 aliphatic rings. The van der Waals surface area contributed by atoms with Crippen molar-refractivity contribution in [1.82, 2.24) is 0 Å². The fourth-order valence-electron chi connectivity index (χ4n) is 1.62. The SMILES string of the molecule is N#Cc1ccc(COc2c(F)cccc2[N+](=O)[O-])cc1. The minimum atomic E-state index is -0.784. The Morgan fingerprint density at radius 1 is 1.25 bits per heavy atom. The molecule has 0 fully saturated rings. The van der Waals surface area contributed by atoms with Crippen molar-refractivity contribution in [2.75, 3.05) is 0 Å². The molecule has 5 nitrogen and oxygen atoms in total. The van der Waals surface area contributed by atoms with Crippen LogP contribution in [0.3, 0.4) is 0 Å². The summed E-state index contributed by atoms with van der Waals surface area (Å²) in [7, 11) is 0. The molecular formula is C14H9FN2O3. The number of nitro groups is 1. The molecule has 100 valence electrons. The predicted octanol–water partition coefficient (Wildman–Crippen LogP) is 3.18.